The maximum Gasteiger partial charge on any atom is 0.157 e. The van der Waals surface area contributed by atoms with Gasteiger partial charge in [-0.3, -0.25) is 0 Å². The molecule has 0 bridgehead atoms. The van der Waals surface area contributed by atoms with E-state index in [9.17, 15) is 0 Å². The molecule has 22 heavy (non-hydrogen) atoms. The van der Waals surface area contributed by atoms with Gasteiger partial charge in [-0.15, -0.1) is 0 Å². The van der Waals surface area contributed by atoms with Gasteiger partial charge in [0.2, 0.25) is 0 Å². The summed E-state index contributed by atoms with van der Waals surface area (Å²) in [7, 11) is 1.65. The van der Waals surface area contributed by atoms with E-state index in [-0.39, 0.29) is 12.2 Å². The number of aromatic nitrogens is 3. The van der Waals surface area contributed by atoms with Gasteiger partial charge >= 0.3 is 0 Å². The molecule has 1 unspecified atom stereocenters. The highest BCUT2D eigenvalue weighted by molar-refractivity contribution is 5.70. The third-order valence-electron chi connectivity index (χ3n) is 3.35. The lowest BCUT2D eigenvalue weighted by Gasteiger charge is -2.19. The number of nitrogens with one attached hydrogen (secondary N) is 1. The fourth-order valence-corrected chi connectivity index (χ4v) is 2.34. The quantitative estimate of drug-likeness (QED) is 0.783. The molecule has 2 heterocycles. The Morgan fingerprint density at radius 2 is 1.86 bits per heavy atom. The van der Waals surface area contributed by atoms with Crippen LogP contribution in [-0.2, 0) is 4.74 Å². The molecule has 5 heteroatoms. The van der Waals surface area contributed by atoms with Crippen LogP contribution < -0.4 is 4.74 Å². The summed E-state index contributed by atoms with van der Waals surface area (Å²) in [5.41, 5.74) is 2.63. The van der Waals surface area contributed by atoms with Crippen molar-refractivity contribution in [2.24, 2.45) is 0 Å². The number of hydrogen-bond acceptors (Lipinski definition) is 4. The van der Waals surface area contributed by atoms with Crippen LogP contribution in [0.5, 0.6) is 5.75 Å². The molecule has 3 aromatic rings. The van der Waals surface area contributed by atoms with E-state index in [4.69, 9.17) is 9.47 Å². The minimum Gasteiger partial charge on any atom is -0.497 e. The SMILES string of the molecule is COc1ccc(C(OC(C)C)c2nc3cccnc3[nH]2)cc1. The topological polar surface area (TPSA) is 60.0 Å². The molecule has 0 amide bonds. The smallest absolute Gasteiger partial charge is 0.157 e. The van der Waals surface area contributed by atoms with E-state index >= 15 is 0 Å². The van der Waals surface area contributed by atoms with E-state index in [2.05, 4.69) is 15.0 Å². The highest BCUT2D eigenvalue weighted by Gasteiger charge is 2.20. The molecular weight excluding hydrogens is 278 g/mol. The molecule has 5 nitrogen and oxygen atoms in total. The number of hydrogen-bond donors (Lipinski definition) is 1. The predicted molar refractivity (Wildman–Crippen MR) is 84.9 cm³/mol. The first kappa shape index (κ1) is 14.5. The number of aromatic amines is 1. The molecule has 0 radical (unpaired) electrons. The number of H-pyrrole nitrogens is 1. The lowest BCUT2D eigenvalue weighted by molar-refractivity contribution is 0.0261. The van der Waals surface area contributed by atoms with Crippen LogP contribution in [0.1, 0.15) is 31.3 Å². The molecule has 3 rings (SSSR count). The van der Waals surface area contributed by atoms with Crippen molar-refractivity contribution in [1.29, 1.82) is 0 Å². The normalized spacial score (nSPS) is 12.7. The van der Waals surface area contributed by atoms with E-state index in [0.29, 0.717) is 0 Å². The highest BCUT2D eigenvalue weighted by atomic mass is 16.5. The van der Waals surface area contributed by atoms with Gasteiger partial charge in [-0.2, -0.15) is 0 Å². The first-order valence-electron chi connectivity index (χ1n) is 7.27. The van der Waals surface area contributed by atoms with Crippen LogP contribution in [0, 0.1) is 0 Å². The van der Waals surface area contributed by atoms with Crippen LogP contribution in [0.2, 0.25) is 0 Å². The van der Waals surface area contributed by atoms with Gasteiger partial charge < -0.3 is 14.5 Å². The molecule has 0 aliphatic rings. The molecule has 0 aliphatic heterocycles. The number of methoxy groups -OCH3 is 1. The van der Waals surface area contributed by atoms with Crippen molar-refractivity contribution < 1.29 is 9.47 Å². The largest absolute Gasteiger partial charge is 0.497 e. The first-order chi connectivity index (χ1) is 10.7. The van der Waals surface area contributed by atoms with Crippen molar-refractivity contribution in [2.75, 3.05) is 7.11 Å². The highest BCUT2D eigenvalue weighted by Crippen LogP contribution is 2.28. The summed E-state index contributed by atoms with van der Waals surface area (Å²) in [6, 6.07) is 11.6. The van der Waals surface area contributed by atoms with Gasteiger partial charge in [0.15, 0.2) is 5.65 Å². The summed E-state index contributed by atoms with van der Waals surface area (Å²) < 4.78 is 11.3. The summed E-state index contributed by atoms with van der Waals surface area (Å²) in [5, 5.41) is 0. The van der Waals surface area contributed by atoms with Gasteiger partial charge in [-0.25, -0.2) is 9.97 Å². The molecule has 2 aromatic heterocycles. The first-order valence-corrected chi connectivity index (χ1v) is 7.27. The molecule has 0 aliphatic carbocycles. The Bertz CT molecular complexity index is 717. The molecular formula is C17H19N3O2. The maximum absolute atomic E-state index is 6.06. The second-order valence-electron chi connectivity index (χ2n) is 5.33. The molecule has 0 fully saturated rings. The third kappa shape index (κ3) is 2.94. The van der Waals surface area contributed by atoms with E-state index in [1.807, 2.05) is 50.2 Å². The number of pyridine rings is 1. The van der Waals surface area contributed by atoms with E-state index < -0.39 is 0 Å². The Labute approximate surface area is 129 Å². The summed E-state index contributed by atoms with van der Waals surface area (Å²) in [6.07, 6.45) is 1.56. The molecule has 1 N–H and O–H groups in total. The minimum atomic E-state index is -0.264. The zero-order valence-corrected chi connectivity index (χ0v) is 12.9. The Balaban J connectivity index is 2.00. The zero-order chi connectivity index (χ0) is 15.5. The second kappa shape index (κ2) is 6.15. The molecule has 1 atom stereocenters. The van der Waals surface area contributed by atoms with Gasteiger partial charge in [0.05, 0.1) is 13.2 Å². The predicted octanol–water partition coefficient (Wildman–Crippen LogP) is 3.48. The Morgan fingerprint density at radius 1 is 1.09 bits per heavy atom. The van der Waals surface area contributed by atoms with Crippen LogP contribution in [0.4, 0.5) is 0 Å². The molecule has 1 aromatic carbocycles. The maximum atomic E-state index is 6.06. The van der Waals surface area contributed by atoms with Crippen molar-refractivity contribution in [3.8, 4) is 5.75 Å². The monoisotopic (exact) mass is 297 g/mol. The number of imidazole rings is 1. The lowest BCUT2D eigenvalue weighted by Crippen LogP contribution is -2.13. The van der Waals surface area contributed by atoms with Crippen LogP contribution in [-0.4, -0.2) is 28.2 Å². The Kier molecular flexibility index (Phi) is 4.06. The molecule has 0 saturated carbocycles. The van der Waals surface area contributed by atoms with Crippen molar-refractivity contribution in [1.82, 2.24) is 15.0 Å². The Morgan fingerprint density at radius 3 is 2.50 bits per heavy atom. The summed E-state index contributed by atoms with van der Waals surface area (Å²) in [5.74, 6) is 1.57. The molecule has 0 saturated heterocycles. The minimum absolute atomic E-state index is 0.0771. The van der Waals surface area contributed by atoms with E-state index in [0.717, 1.165) is 28.3 Å². The molecule has 114 valence electrons. The summed E-state index contributed by atoms with van der Waals surface area (Å²) in [6.45, 7) is 4.02. The van der Waals surface area contributed by atoms with Crippen LogP contribution in [0.15, 0.2) is 42.6 Å². The number of benzene rings is 1. The molecule has 0 spiro atoms. The van der Waals surface area contributed by atoms with Gasteiger partial charge in [0.25, 0.3) is 0 Å². The summed E-state index contributed by atoms with van der Waals surface area (Å²) >= 11 is 0. The van der Waals surface area contributed by atoms with Crippen molar-refractivity contribution in [3.05, 3.63) is 54.0 Å². The van der Waals surface area contributed by atoms with Crippen LogP contribution in [0.3, 0.4) is 0 Å². The standard InChI is InChI=1S/C17H19N3O2/c1-11(2)22-15(12-6-8-13(21-3)9-7-12)17-19-14-5-4-10-18-16(14)20-17/h4-11,15H,1-3H3,(H,18,19,20). The van der Waals surface area contributed by atoms with Gasteiger partial charge in [-0.05, 0) is 43.7 Å². The van der Waals surface area contributed by atoms with Crippen LogP contribution >= 0.6 is 0 Å². The van der Waals surface area contributed by atoms with Crippen molar-refractivity contribution in [2.45, 2.75) is 26.1 Å². The summed E-state index contributed by atoms with van der Waals surface area (Å²) in [4.78, 5) is 12.2. The fraction of sp³-hybridized carbons (Fsp3) is 0.294. The van der Waals surface area contributed by atoms with Crippen molar-refractivity contribution >= 4 is 11.2 Å². The van der Waals surface area contributed by atoms with E-state index in [1.54, 1.807) is 13.3 Å². The average molecular weight is 297 g/mol. The lowest BCUT2D eigenvalue weighted by atomic mass is 10.1. The second-order valence-corrected chi connectivity index (χ2v) is 5.33. The average Bonchev–Trinajstić information content (AvgIpc) is 2.96. The third-order valence-corrected chi connectivity index (χ3v) is 3.35. The van der Waals surface area contributed by atoms with E-state index in [1.165, 1.54) is 0 Å². The number of nitrogens with zero attached hydrogens (tertiary/aromatic N) is 2. The van der Waals surface area contributed by atoms with Gasteiger partial charge in [-0.1, -0.05) is 12.1 Å². The van der Waals surface area contributed by atoms with Gasteiger partial charge in [0, 0.05) is 6.20 Å². The Hall–Kier alpha value is -2.40. The van der Waals surface area contributed by atoms with Gasteiger partial charge in [0.1, 0.15) is 23.2 Å². The zero-order valence-electron chi connectivity index (χ0n) is 12.9. The number of rotatable bonds is 5. The van der Waals surface area contributed by atoms with Crippen molar-refractivity contribution in [3.63, 3.8) is 0 Å². The fourth-order valence-electron chi connectivity index (χ4n) is 2.34. The van der Waals surface area contributed by atoms with Crippen LogP contribution in [0.25, 0.3) is 11.2 Å². The number of ether oxygens (including phenoxy) is 2. The number of fused-ring (bicyclic) bond motifs is 1.